The van der Waals surface area contributed by atoms with Crippen LogP contribution in [0.25, 0.3) is 33.4 Å². The first-order valence-electron chi connectivity index (χ1n) is 23.7. The third-order valence-electron chi connectivity index (χ3n) is 14.1. The number of esters is 1. The Bertz CT molecular complexity index is 2660. The van der Waals surface area contributed by atoms with Crippen LogP contribution in [0.2, 0.25) is 0 Å². The van der Waals surface area contributed by atoms with Gasteiger partial charge in [-0.25, -0.2) is 15.2 Å². The molecule has 3 saturated heterocycles. The average Bonchev–Trinajstić information content (AvgIpc) is 3.91. The maximum Gasteiger partial charge on any atom is 0.324 e. The van der Waals surface area contributed by atoms with Crippen molar-refractivity contribution in [3.63, 3.8) is 0 Å². The molecule has 0 radical (unpaired) electrons. The quantitative estimate of drug-likeness (QED) is 0.0813. The number of methoxy groups -OCH3 is 2. The standard InChI is InChI=1S/C50H65N9O8S2/c1-12-57-39-18-17-32-21-35(39)36(43(57)34-15-13-19-51-41(34)30(4)65-10)22-49(6,7)27-67-46(62)37-16-14-20-58(53-37)47(63)50(23-40-52-38(32)26-68-40)28-69-59(50)45(61)42(29(2)3)55(9)48(64)54(8)33-24-56(25-33)44(60)31(5)66-11/h13,15,17-19,21,26,29-30,33,37,42,53H,5,12,14,16,20,22-25,27-28H2,1-4,6-11H3/t30-,37-,42-,50?/m0/s1. The van der Waals surface area contributed by atoms with Gasteiger partial charge in [0.1, 0.15) is 12.1 Å². The molecule has 5 amide bonds. The highest BCUT2D eigenvalue weighted by Gasteiger charge is 2.59. The fraction of sp³-hybridized carbons (Fsp3) is 0.540. The lowest BCUT2D eigenvalue weighted by atomic mass is 9.84. The molecule has 19 heteroatoms. The molecule has 1 unspecified atom stereocenters. The van der Waals surface area contributed by atoms with Gasteiger partial charge in [0.15, 0.2) is 11.3 Å². The van der Waals surface area contributed by atoms with Crippen LogP contribution in [0.15, 0.2) is 54.2 Å². The number of benzene rings is 1. The molecule has 3 aromatic heterocycles. The molecule has 1 aromatic carbocycles. The normalized spacial score (nSPS) is 21.6. The van der Waals surface area contributed by atoms with E-state index in [2.05, 4.69) is 61.6 Å². The van der Waals surface area contributed by atoms with Crippen LogP contribution in [0.3, 0.4) is 0 Å². The van der Waals surface area contributed by atoms with Gasteiger partial charge in [0.2, 0.25) is 0 Å². The highest BCUT2D eigenvalue weighted by Crippen LogP contribution is 2.46. The van der Waals surface area contributed by atoms with Gasteiger partial charge in [-0.3, -0.25) is 33.5 Å². The van der Waals surface area contributed by atoms with Crippen LogP contribution in [0.5, 0.6) is 0 Å². The monoisotopic (exact) mass is 983 g/mol. The van der Waals surface area contributed by atoms with Crippen LogP contribution in [-0.4, -0.2) is 152 Å². The zero-order valence-corrected chi connectivity index (χ0v) is 43.0. The lowest BCUT2D eigenvalue weighted by Gasteiger charge is -2.53. The molecule has 370 valence electrons. The van der Waals surface area contributed by atoms with E-state index in [1.807, 2.05) is 32.2 Å². The molecular formula is C50H65N9O8S2. The van der Waals surface area contributed by atoms with E-state index in [9.17, 15) is 14.4 Å². The Hall–Kier alpha value is -5.50. The summed E-state index contributed by atoms with van der Waals surface area (Å²) in [5, 5.41) is 5.20. The number of cyclic esters (lactones) is 1. The Labute approximate surface area is 412 Å². The van der Waals surface area contributed by atoms with Gasteiger partial charge >= 0.3 is 12.0 Å². The smallest absolute Gasteiger partial charge is 0.324 e. The van der Waals surface area contributed by atoms with Gasteiger partial charge < -0.3 is 33.5 Å². The second-order valence-electron chi connectivity index (χ2n) is 19.8. The molecule has 17 nitrogen and oxygen atoms in total. The molecular weight excluding hydrogens is 919 g/mol. The maximum absolute atomic E-state index is 15.2. The number of thiazole rings is 1. The van der Waals surface area contributed by atoms with Crippen molar-refractivity contribution in [2.75, 3.05) is 60.3 Å². The van der Waals surface area contributed by atoms with Crippen molar-refractivity contribution in [2.24, 2.45) is 11.3 Å². The lowest BCUT2D eigenvalue weighted by molar-refractivity contribution is -0.160. The van der Waals surface area contributed by atoms with E-state index in [4.69, 9.17) is 24.2 Å². The maximum atomic E-state index is 15.2. The molecule has 3 fully saturated rings. The van der Waals surface area contributed by atoms with Crippen LogP contribution in [0, 0.1) is 11.3 Å². The van der Waals surface area contributed by atoms with Crippen molar-refractivity contribution in [3.8, 4) is 22.5 Å². The summed E-state index contributed by atoms with van der Waals surface area (Å²) >= 11 is 2.68. The second-order valence-corrected chi connectivity index (χ2v) is 21.6. The molecule has 8 rings (SSSR count). The number of rotatable bonds is 10. The summed E-state index contributed by atoms with van der Waals surface area (Å²) in [6.07, 6.45) is 3.22. The van der Waals surface area contributed by atoms with Crippen LogP contribution in [0.4, 0.5) is 4.79 Å². The van der Waals surface area contributed by atoms with Crippen molar-refractivity contribution >= 4 is 63.9 Å². The van der Waals surface area contributed by atoms with E-state index in [-0.39, 0.29) is 66.4 Å². The number of urea groups is 1. The summed E-state index contributed by atoms with van der Waals surface area (Å²) in [5.41, 5.74) is 7.94. The molecule has 69 heavy (non-hydrogen) atoms. The molecule has 0 aliphatic carbocycles. The fourth-order valence-electron chi connectivity index (χ4n) is 10.1. The van der Waals surface area contributed by atoms with Gasteiger partial charge in [0.25, 0.3) is 17.7 Å². The van der Waals surface area contributed by atoms with Crippen LogP contribution < -0.4 is 5.43 Å². The van der Waals surface area contributed by atoms with Gasteiger partial charge in [0, 0.05) is 98.6 Å². The zero-order valence-electron chi connectivity index (χ0n) is 41.4. The third-order valence-corrected chi connectivity index (χ3v) is 16.3. The van der Waals surface area contributed by atoms with E-state index in [0.717, 1.165) is 44.7 Å². The predicted octanol–water partition coefficient (Wildman–Crippen LogP) is 6.33. The second kappa shape index (κ2) is 19.7. The number of carbonyl (C=O) groups excluding carboxylic acids is 5. The Morgan fingerprint density at radius 1 is 1.09 bits per heavy atom. The van der Waals surface area contributed by atoms with Gasteiger partial charge in [0.05, 0.1) is 48.0 Å². The summed E-state index contributed by atoms with van der Waals surface area (Å²) in [7, 11) is 6.33. The lowest BCUT2D eigenvalue weighted by Crippen LogP contribution is -2.73. The number of amides is 5. The minimum Gasteiger partial charge on any atom is -0.492 e. The Morgan fingerprint density at radius 2 is 1.84 bits per heavy atom. The number of hydrogen-bond donors (Lipinski definition) is 1. The molecule has 1 spiro atoms. The minimum absolute atomic E-state index is 0.0221. The number of carbonyl (C=O) groups is 5. The van der Waals surface area contributed by atoms with Gasteiger partial charge in [-0.2, -0.15) is 0 Å². The highest BCUT2D eigenvalue weighted by molar-refractivity contribution is 7.99. The number of pyridine rings is 1. The van der Waals surface area contributed by atoms with E-state index in [0.29, 0.717) is 50.4 Å². The summed E-state index contributed by atoms with van der Waals surface area (Å²) in [6.45, 7) is 17.5. The summed E-state index contributed by atoms with van der Waals surface area (Å²) in [5.74, 6) is -1.58. The summed E-state index contributed by atoms with van der Waals surface area (Å²) in [4.78, 5) is 85.7. The number of aryl methyl sites for hydroxylation is 1. The van der Waals surface area contributed by atoms with Gasteiger partial charge in [-0.15, -0.1) is 11.3 Å². The summed E-state index contributed by atoms with van der Waals surface area (Å²) < 4.78 is 20.9. The first-order chi connectivity index (χ1) is 32.8. The summed E-state index contributed by atoms with van der Waals surface area (Å²) in [6, 6.07) is 8.04. The van der Waals surface area contributed by atoms with E-state index < -0.39 is 29.0 Å². The van der Waals surface area contributed by atoms with Crippen LogP contribution in [0.1, 0.15) is 76.8 Å². The van der Waals surface area contributed by atoms with Crippen molar-refractivity contribution in [3.05, 3.63) is 70.5 Å². The van der Waals surface area contributed by atoms with Crippen LogP contribution in [-0.2, 0) is 52.8 Å². The van der Waals surface area contributed by atoms with Gasteiger partial charge in [-0.1, -0.05) is 40.3 Å². The first-order valence-corrected chi connectivity index (χ1v) is 25.5. The van der Waals surface area contributed by atoms with Gasteiger partial charge in [-0.05, 0) is 80.8 Å². The van der Waals surface area contributed by atoms with E-state index in [1.54, 1.807) is 41.5 Å². The molecule has 7 heterocycles. The van der Waals surface area contributed by atoms with E-state index in [1.165, 1.54) is 40.3 Å². The van der Waals surface area contributed by atoms with Crippen molar-refractivity contribution < 1.29 is 38.2 Å². The molecule has 4 atom stereocenters. The topological polar surface area (TPSA) is 172 Å². The van der Waals surface area contributed by atoms with E-state index >= 15 is 9.59 Å². The zero-order chi connectivity index (χ0) is 49.7. The number of likely N-dealkylation sites (N-methyl/N-ethyl adjacent to an activating group) is 2. The van der Waals surface area contributed by atoms with Crippen molar-refractivity contribution in [1.82, 2.24) is 44.0 Å². The third kappa shape index (κ3) is 9.22. The minimum atomic E-state index is -1.39. The Morgan fingerprint density at radius 3 is 2.51 bits per heavy atom. The number of nitrogens with one attached hydrogen (secondary N) is 1. The number of aromatic nitrogens is 3. The van der Waals surface area contributed by atoms with Crippen LogP contribution >= 0.6 is 23.3 Å². The molecule has 6 bridgehead atoms. The van der Waals surface area contributed by atoms with Crippen molar-refractivity contribution in [1.29, 1.82) is 0 Å². The number of hydrazine groups is 1. The number of nitrogens with zero attached hydrogens (tertiary/aromatic N) is 8. The number of ether oxygens (including phenoxy) is 3. The Kier molecular flexibility index (Phi) is 14.3. The fourth-order valence-corrected chi connectivity index (χ4v) is 12.1. The Balaban J connectivity index is 1.17. The molecule has 1 N–H and O–H groups in total. The molecule has 4 aliphatic heterocycles. The first kappa shape index (κ1) is 49.9. The average molecular weight is 984 g/mol. The SMILES string of the molecule is C=C(OC)C(=O)N1CC(N(C)C(=O)N(C)[C@H](C(=O)N2SCC23Cc2nc(cs2)-c2ccc4c(c2)c(c(-c2cccnc2[C@H](C)OC)n4CC)CC(C)(C)COC(=O)[C@@H]2CCCN(N2)C3=O)C(C)C)C1. The molecule has 4 aromatic rings. The molecule has 0 saturated carbocycles. The number of fused-ring (bicyclic) bond motifs is 6. The number of hydrogen-bond acceptors (Lipinski definition) is 13. The molecule has 4 aliphatic rings. The highest BCUT2D eigenvalue weighted by atomic mass is 32.2. The van der Waals surface area contributed by atoms with Crippen molar-refractivity contribution in [2.45, 2.75) is 104 Å². The predicted molar refractivity (Wildman–Crippen MR) is 265 cm³/mol. The largest absolute Gasteiger partial charge is 0.492 e. The number of likely N-dealkylation sites (tertiary alicyclic amines) is 1.